The summed E-state index contributed by atoms with van der Waals surface area (Å²) in [5, 5.41) is 13.7. The second-order valence-corrected chi connectivity index (χ2v) is 23.5. The molecule has 1 heterocycles. The van der Waals surface area contributed by atoms with E-state index in [1.165, 1.54) is 52.0 Å². The average molecular weight is 1070 g/mol. The number of esters is 2. The van der Waals surface area contributed by atoms with Crippen LogP contribution in [-0.2, 0) is 52.2 Å². The highest BCUT2D eigenvalue weighted by atomic mass is 35.6. The number of aliphatic hydroxyl groups is 1. The van der Waals surface area contributed by atoms with Crippen molar-refractivity contribution in [3.05, 3.63) is 47.0 Å². The number of Topliss-reactive ketones (excluding diaryl/α,β-unsaturated/α-hetero) is 1. The molecule has 0 aromatic heterocycles. The van der Waals surface area contributed by atoms with Crippen LogP contribution in [0.1, 0.15) is 57.8 Å². The molecule has 1 saturated heterocycles. The minimum atomic E-state index is -2.56. The summed E-state index contributed by atoms with van der Waals surface area (Å²) < 4.78 is 44.5. The number of carbonyl (C=O) groups is 6. The first-order chi connectivity index (χ1) is 28.9. The quantitative estimate of drug-likeness (QED) is 0.106. The van der Waals surface area contributed by atoms with Gasteiger partial charge in [-0.2, -0.15) is 0 Å². The molecule has 5 rings (SSSR count). The third kappa shape index (κ3) is 11.0. The molecular formula is C38H39Cl9O16. The Bertz CT molecular complexity index is 2000. The molecule has 16 nitrogen and oxygen atoms in total. The van der Waals surface area contributed by atoms with E-state index in [0.29, 0.717) is 0 Å². The molecule has 1 aliphatic heterocycles. The number of benzene rings is 1. The van der Waals surface area contributed by atoms with E-state index in [9.17, 15) is 29.1 Å². The monoisotopic (exact) mass is 1070 g/mol. The molecule has 2 saturated carbocycles. The Morgan fingerprint density at radius 1 is 0.778 bits per heavy atom. The van der Waals surface area contributed by atoms with E-state index in [-0.39, 0.29) is 16.7 Å². The highest BCUT2D eigenvalue weighted by Gasteiger charge is 2.79. The molecule has 63 heavy (non-hydrogen) atoms. The molecule has 4 aliphatic rings. The van der Waals surface area contributed by atoms with Gasteiger partial charge in [-0.3, -0.25) is 9.59 Å². The molecule has 2 bridgehead atoms. The molecule has 0 radical (unpaired) electrons. The number of ketones is 1. The molecule has 1 aromatic carbocycles. The molecule has 1 aromatic rings. The van der Waals surface area contributed by atoms with Crippen molar-refractivity contribution in [2.24, 2.45) is 16.7 Å². The van der Waals surface area contributed by atoms with Crippen molar-refractivity contribution in [1.29, 1.82) is 0 Å². The van der Waals surface area contributed by atoms with Gasteiger partial charge in [0, 0.05) is 25.2 Å². The molecule has 0 unspecified atom stereocenters. The number of halogens is 9. The second kappa shape index (κ2) is 18.9. The van der Waals surface area contributed by atoms with Crippen molar-refractivity contribution in [2.75, 3.05) is 26.4 Å². The summed E-state index contributed by atoms with van der Waals surface area (Å²) in [4.78, 5) is 83.7. The molecule has 25 heteroatoms. The van der Waals surface area contributed by atoms with Crippen LogP contribution >= 0.6 is 104 Å². The van der Waals surface area contributed by atoms with E-state index in [1.54, 1.807) is 6.07 Å². The molecule has 350 valence electrons. The molecule has 3 fully saturated rings. The van der Waals surface area contributed by atoms with Gasteiger partial charge in [-0.25, -0.2) is 19.2 Å². The second-order valence-electron chi connectivity index (χ2n) is 15.9. The molecule has 9 atom stereocenters. The molecule has 1 N–H and O–H groups in total. The minimum absolute atomic E-state index is 0.00754. The third-order valence-electron chi connectivity index (χ3n) is 11.6. The van der Waals surface area contributed by atoms with Gasteiger partial charge in [-0.05, 0) is 37.1 Å². The number of hydrogen-bond acceptors (Lipinski definition) is 16. The normalized spacial score (nSPS) is 31.3. The van der Waals surface area contributed by atoms with Gasteiger partial charge in [0.15, 0.2) is 17.5 Å². The fourth-order valence-electron chi connectivity index (χ4n) is 8.85. The Kier molecular flexibility index (Phi) is 15.6. The summed E-state index contributed by atoms with van der Waals surface area (Å²) in [6, 6.07) is 7.51. The van der Waals surface area contributed by atoms with Crippen LogP contribution in [0, 0.1) is 16.7 Å². The predicted octanol–water partition coefficient (Wildman–Crippen LogP) is 8.68. The van der Waals surface area contributed by atoms with Gasteiger partial charge in [0.25, 0.3) is 0 Å². The lowest BCUT2D eigenvalue weighted by Gasteiger charge is -2.67. The number of hydrogen-bond donors (Lipinski definition) is 1. The lowest BCUT2D eigenvalue weighted by atomic mass is 9.44. The van der Waals surface area contributed by atoms with Crippen LogP contribution in [0.4, 0.5) is 14.4 Å². The van der Waals surface area contributed by atoms with Gasteiger partial charge >= 0.3 is 30.4 Å². The summed E-state index contributed by atoms with van der Waals surface area (Å²) in [7, 11) is 0. The summed E-state index contributed by atoms with van der Waals surface area (Å²) >= 11 is 52.4. The molecule has 0 spiro atoms. The topological polar surface area (TPSA) is 206 Å². The number of fused-ring (bicyclic) bond motifs is 5. The zero-order valence-electron chi connectivity index (χ0n) is 33.6. The van der Waals surface area contributed by atoms with Crippen molar-refractivity contribution < 1.29 is 76.5 Å². The number of rotatable bonds is 9. The van der Waals surface area contributed by atoms with Crippen molar-refractivity contribution in [2.45, 2.75) is 101 Å². The smallest absolute Gasteiger partial charge is 0.455 e. The maximum absolute atomic E-state index is 16.0. The van der Waals surface area contributed by atoms with E-state index in [2.05, 4.69) is 0 Å². The minimum Gasteiger partial charge on any atom is -0.455 e. The predicted molar refractivity (Wildman–Crippen MR) is 227 cm³/mol. The largest absolute Gasteiger partial charge is 0.509 e. The van der Waals surface area contributed by atoms with Crippen LogP contribution in [0.25, 0.3) is 0 Å². The van der Waals surface area contributed by atoms with E-state index < -0.39 is 145 Å². The summed E-state index contributed by atoms with van der Waals surface area (Å²) in [6.07, 6.45) is -14.3. The van der Waals surface area contributed by atoms with Gasteiger partial charge < -0.3 is 47.7 Å². The van der Waals surface area contributed by atoms with Crippen LogP contribution < -0.4 is 0 Å². The van der Waals surface area contributed by atoms with Crippen molar-refractivity contribution >= 4 is 141 Å². The fourth-order valence-corrected chi connectivity index (χ4v) is 9.35. The number of carbonyl (C=O) groups excluding carboxylic acids is 6. The standard InChI is InChI=1S/C38H39Cl9O16/c1-17-20(59-29(51)56-14-36(39,40)41)12-35(54)27(62-28(50)19-9-7-6-8-10-19)25-33(5,26(49)24(23(17)32(35,3)4)61-31(53)58-16-38(45,46)47)21(60-30(52)57-15-37(42,43)44)11-22-34(25,13-55-22)63-18(2)48/h6-10,20-22,24-25,27,54H,11-16H2,1-5H3/t20-,21-,22+,24+,25-,27-,33+,34-,35+/m0/s1. The Morgan fingerprint density at radius 3 is 1.76 bits per heavy atom. The van der Waals surface area contributed by atoms with Crippen molar-refractivity contribution in [1.82, 2.24) is 0 Å². The highest BCUT2D eigenvalue weighted by Crippen LogP contribution is 2.65. The van der Waals surface area contributed by atoms with Gasteiger partial charge in [0.2, 0.25) is 11.4 Å². The van der Waals surface area contributed by atoms with Gasteiger partial charge in [-0.1, -0.05) is 136 Å². The zero-order chi connectivity index (χ0) is 47.3. The number of ether oxygens (including phenoxy) is 9. The lowest BCUT2D eigenvalue weighted by molar-refractivity contribution is -0.346. The Morgan fingerprint density at radius 2 is 1.29 bits per heavy atom. The Balaban J connectivity index is 1.83. The first-order valence-corrected chi connectivity index (χ1v) is 22.0. The van der Waals surface area contributed by atoms with Crippen LogP contribution in [0.2, 0.25) is 0 Å². The first-order valence-electron chi connectivity index (χ1n) is 18.6. The first kappa shape index (κ1) is 51.9. The van der Waals surface area contributed by atoms with Crippen LogP contribution in [-0.4, -0.2) is 121 Å². The zero-order valence-corrected chi connectivity index (χ0v) is 40.4. The van der Waals surface area contributed by atoms with E-state index >= 15 is 4.79 Å². The number of alkyl halides is 9. The lowest BCUT2D eigenvalue weighted by Crippen LogP contribution is -2.82. The summed E-state index contributed by atoms with van der Waals surface area (Å²) in [5.41, 5.74) is -9.01. The van der Waals surface area contributed by atoms with Crippen LogP contribution in [0.15, 0.2) is 41.5 Å². The fraction of sp³-hybridized carbons (Fsp3) is 0.632. The molecular weight excluding hydrogens is 1030 g/mol. The molecule has 3 aliphatic carbocycles. The van der Waals surface area contributed by atoms with Gasteiger partial charge in [-0.15, -0.1) is 0 Å². The van der Waals surface area contributed by atoms with Crippen LogP contribution in [0.5, 0.6) is 0 Å². The van der Waals surface area contributed by atoms with Crippen molar-refractivity contribution in [3.63, 3.8) is 0 Å². The Labute approximate surface area is 405 Å². The Hall–Kier alpha value is -2.09. The van der Waals surface area contributed by atoms with E-state index in [4.69, 9.17) is 147 Å². The average Bonchev–Trinajstić information content (AvgIpc) is 3.15. The summed E-state index contributed by atoms with van der Waals surface area (Å²) in [6.45, 7) is 3.63. The van der Waals surface area contributed by atoms with Gasteiger partial charge in [0.05, 0.1) is 23.5 Å². The maximum atomic E-state index is 16.0. The SMILES string of the molecule is CC(=O)O[C@@]12CO[C@@H]1C[C@H](OC(=O)OCC(Cl)(Cl)Cl)[C@@]1(C)C(=O)[C@H](OC(=O)OCC(Cl)(Cl)Cl)C3=C(C)[C@@H](OC(=O)OCC(Cl)(Cl)Cl)C[C@@](O)([C@@H](OC(=O)c4ccccc4)[C@H]21)C3(C)C. The third-order valence-corrected chi connectivity index (χ3v) is 12.6. The maximum Gasteiger partial charge on any atom is 0.509 e. The van der Waals surface area contributed by atoms with Gasteiger partial charge in [0.1, 0.15) is 49.8 Å². The van der Waals surface area contributed by atoms with E-state index in [0.717, 1.165) is 6.92 Å². The van der Waals surface area contributed by atoms with Crippen LogP contribution in [0.3, 0.4) is 0 Å². The van der Waals surface area contributed by atoms with Crippen molar-refractivity contribution in [3.8, 4) is 0 Å². The van der Waals surface area contributed by atoms with E-state index in [1.807, 2.05) is 0 Å². The summed E-state index contributed by atoms with van der Waals surface area (Å²) in [5.74, 6) is -4.85. The molecule has 0 amide bonds. The highest BCUT2D eigenvalue weighted by molar-refractivity contribution is 6.68.